The van der Waals surface area contributed by atoms with Gasteiger partial charge in [-0.3, -0.25) is 15.0 Å². The minimum absolute atomic E-state index is 0.0482. The monoisotopic (exact) mass is 410 g/mol. The SMILES string of the molecule is CN(CCC(=O)NN1C(=O)NC2(CCCCC2)C1=O)Cc1c(F)cccc1Cl. The molecule has 1 saturated heterocycles. The number of carbonyl (C=O) groups excluding carboxylic acids is 3. The highest BCUT2D eigenvalue weighted by Gasteiger charge is 2.52. The number of benzene rings is 1. The third-order valence-electron chi connectivity index (χ3n) is 5.32. The van der Waals surface area contributed by atoms with Crippen molar-refractivity contribution in [3.63, 3.8) is 0 Å². The van der Waals surface area contributed by atoms with E-state index in [0.717, 1.165) is 24.3 Å². The van der Waals surface area contributed by atoms with Crippen molar-refractivity contribution in [3.05, 3.63) is 34.6 Å². The average molecular weight is 411 g/mol. The standard InChI is InChI=1S/C19H24ClFN4O3/c1-24(12-13-14(20)6-5-7-15(13)21)11-8-16(26)23-25-17(27)19(22-18(25)28)9-3-2-4-10-19/h5-7H,2-4,8-12H2,1H3,(H,22,28)(H,23,26). The topological polar surface area (TPSA) is 81.8 Å². The van der Waals surface area contributed by atoms with Crippen LogP contribution in [0.1, 0.15) is 44.1 Å². The van der Waals surface area contributed by atoms with Crippen LogP contribution in [0.4, 0.5) is 9.18 Å². The number of halogens is 2. The van der Waals surface area contributed by atoms with Crippen LogP contribution in [0.25, 0.3) is 0 Å². The first-order chi connectivity index (χ1) is 13.3. The predicted molar refractivity (Wildman–Crippen MR) is 102 cm³/mol. The molecule has 1 spiro atoms. The zero-order chi connectivity index (χ0) is 20.3. The first-order valence-electron chi connectivity index (χ1n) is 9.40. The van der Waals surface area contributed by atoms with Crippen LogP contribution in [0.2, 0.25) is 5.02 Å². The van der Waals surface area contributed by atoms with Gasteiger partial charge in [-0.15, -0.1) is 0 Å². The van der Waals surface area contributed by atoms with Crippen LogP contribution < -0.4 is 10.7 Å². The molecule has 0 aromatic heterocycles. The van der Waals surface area contributed by atoms with Crippen molar-refractivity contribution >= 4 is 29.4 Å². The van der Waals surface area contributed by atoms with Crippen LogP contribution in [0.15, 0.2) is 18.2 Å². The summed E-state index contributed by atoms with van der Waals surface area (Å²) in [6, 6.07) is 3.89. The van der Waals surface area contributed by atoms with Crippen LogP contribution in [-0.4, -0.2) is 46.9 Å². The van der Waals surface area contributed by atoms with Gasteiger partial charge in [-0.2, -0.15) is 5.01 Å². The molecule has 0 bridgehead atoms. The highest BCUT2D eigenvalue weighted by molar-refractivity contribution is 6.31. The Kier molecular flexibility index (Phi) is 6.20. The molecule has 0 unspecified atom stereocenters. The molecule has 0 radical (unpaired) electrons. The van der Waals surface area contributed by atoms with Crippen molar-refractivity contribution in [2.75, 3.05) is 13.6 Å². The molecule has 4 amide bonds. The largest absolute Gasteiger partial charge is 0.344 e. The van der Waals surface area contributed by atoms with Gasteiger partial charge in [0.05, 0.1) is 0 Å². The van der Waals surface area contributed by atoms with E-state index in [1.165, 1.54) is 12.1 Å². The van der Waals surface area contributed by atoms with Crippen LogP contribution in [-0.2, 0) is 16.1 Å². The van der Waals surface area contributed by atoms with Crippen LogP contribution >= 0.6 is 11.6 Å². The Morgan fingerprint density at radius 3 is 2.71 bits per heavy atom. The lowest BCUT2D eigenvalue weighted by molar-refractivity contribution is -0.140. The molecule has 1 aliphatic carbocycles. The minimum atomic E-state index is -0.874. The fourth-order valence-corrected chi connectivity index (χ4v) is 3.94. The summed E-state index contributed by atoms with van der Waals surface area (Å²) in [5, 5.41) is 3.86. The van der Waals surface area contributed by atoms with E-state index in [-0.39, 0.29) is 13.0 Å². The summed E-state index contributed by atoms with van der Waals surface area (Å²) in [6.45, 7) is 0.552. The third kappa shape index (κ3) is 4.28. The lowest BCUT2D eigenvalue weighted by Gasteiger charge is -2.30. The third-order valence-corrected chi connectivity index (χ3v) is 5.67. The number of nitrogens with one attached hydrogen (secondary N) is 2. The molecule has 152 valence electrons. The summed E-state index contributed by atoms with van der Waals surface area (Å²) >= 11 is 6.02. The predicted octanol–water partition coefficient (Wildman–Crippen LogP) is 2.59. The Hall–Kier alpha value is -2.19. The van der Waals surface area contributed by atoms with Crippen molar-refractivity contribution < 1.29 is 18.8 Å². The van der Waals surface area contributed by atoms with Gasteiger partial charge in [-0.1, -0.05) is 36.9 Å². The molecular formula is C19H24ClFN4O3. The summed E-state index contributed by atoms with van der Waals surface area (Å²) in [4.78, 5) is 38.8. The van der Waals surface area contributed by atoms with Crippen molar-refractivity contribution in [1.29, 1.82) is 0 Å². The smallest absolute Gasteiger partial charge is 0.322 e. The van der Waals surface area contributed by atoms with Gasteiger partial charge in [0.25, 0.3) is 5.91 Å². The van der Waals surface area contributed by atoms with Crippen molar-refractivity contribution in [2.45, 2.75) is 50.6 Å². The number of hydrogen-bond donors (Lipinski definition) is 2. The number of amides is 4. The summed E-state index contributed by atoms with van der Waals surface area (Å²) in [5.74, 6) is -1.25. The zero-order valence-corrected chi connectivity index (χ0v) is 16.5. The maximum atomic E-state index is 13.9. The summed E-state index contributed by atoms with van der Waals surface area (Å²) < 4.78 is 13.9. The van der Waals surface area contributed by atoms with E-state index in [0.29, 0.717) is 30.0 Å². The molecule has 28 heavy (non-hydrogen) atoms. The Bertz CT molecular complexity index is 762. The van der Waals surface area contributed by atoms with Gasteiger partial charge in [0.15, 0.2) is 0 Å². The molecule has 7 nitrogen and oxygen atoms in total. The van der Waals surface area contributed by atoms with Gasteiger partial charge in [0, 0.05) is 30.1 Å². The summed E-state index contributed by atoms with van der Waals surface area (Å²) in [7, 11) is 1.74. The fourth-order valence-electron chi connectivity index (χ4n) is 3.72. The average Bonchev–Trinajstić information content (AvgIpc) is 2.88. The highest BCUT2D eigenvalue weighted by atomic mass is 35.5. The van der Waals surface area contributed by atoms with E-state index < -0.39 is 29.2 Å². The molecule has 1 aromatic carbocycles. The molecule has 2 fully saturated rings. The normalized spacial score (nSPS) is 18.6. The number of rotatable bonds is 6. The molecule has 9 heteroatoms. The van der Waals surface area contributed by atoms with E-state index >= 15 is 0 Å². The summed E-state index contributed by atoms with van der Waals surface area (Å²) in [5.41, 5.74) is 1.89. The molecule has 2 N–H and O–H groups in total. The number of nitrogens with zero attached hydrogens (tertiary/aromatic N) is 2. The number of hydrazine groups is 1. The number of imide groups is 1. The molecule has 1 saturated carbocycles. The molecule has 1 aliphatic heterocycles. The molecule has 3 rings (SSSR count). The quantitative estimate of drug-likeness (QED) is 0.706. The highest BCUT2D eigenvalue weighted by Crippen LogP contribution is 2.33. The van der Waals surface area contributed by atoms with Crippen LogP contribution in [0.5, 0.6) is 0 Å². The van der Waals surface area contributed by atoms with E-state index in [1.807, 2.05) is 0 Å². The summed E-state index contributed by atoms with van der Waals surface area (Å²) in [6.07, 6.45) is 4.02. The van der Waals surface area contributed by atoms with Gasteiger partial charge in [0.1, 0.15) is 11.4 Å². The van der Waals surface area contributed by atoms with E-state index in [4.69, 9.17) is 11.6 Å². The van der Waals surface area contributed by atoms with Gasteiger partial charge >= 0.3 is 6.03 Å². The lowest BCUT2D eigenvalue weighted by Crippen LogP contribution is -2.51. The van der Waals surface area contributed by atoms with E-state index in [2.05, 4.69) is 10.7 Å². The molecule has 2 aliphatic rings. The maximum absolute atomic E-state index is 13.9. The second-order valence-corrected chi connectivity index (χ2v) is 7.84. The molecular weight excluding hydrogens is 387 g/mol. The van der Waals surface area contributed by atoms with Crippen LogP contribution in [0.3, 0.4) is 0 Å². The first-order valence-corrected chi connectivity index (χ1v) is 9.78. The van der Waals surface area contributed by atoms with Crippen molar-refractivity contribution in [3.8, 4) is 0 Å². The number of urea groups is 1. The second kappa shape index (κ2) is 8.45. The Morgan fingerprint density at radius 1 is 1.32 bits per heavy atom. The Morgan fingerprint density at radius 2 is 2.04 bits per heavy atom. The zero-order valence-electron chi connectivity index (χ0n) is 15.8. The van der Waals surface area contributed by atoms with Crippen molar-refractivity contribution in [1.82, 2.24) is 20.7 Å². The van der Waals surface area contributed by atoms with Gasteiger partial charge in [0.2, 0.25) is 5.91 Å². The number of carbonyl (C=O) groups is 3. The van der Waals surface area contributed by atoms with E-state index in [1.54, 1.807) is 18.0 Å². The lowest BCUT2D eigenvalue weighted by atomic mass is 9.82. The second-order valence-electron chi connectivity index (χ2n) is 7.44. The van der Waals surface area contributed by atoms with Crippen LogP contribution in [0, 0.1) is 5.82 Å². The van der Waals surface area contributed by atoms with Gasteiger partial charge in [-0.05, 0) is 32.0 Å². The molecule has 1 aromatic rings. The number of hydrogen-bond acceptors (Lipinski definition) is 4. The minimum Gasteiger partial charge on any atom is -0.322 e. The Balaban J connectivity index is 1.51. The van der Waals surface area contributed by atoms with Crippen molar-refractivity contribution in [2.24, 2.45) is 0 Å². The van der Waals surface area contributed by atoms with E-state index in [9.17, 15) is 18.8 Å². The fraction of sp³-hybridized carbons (Fsp3) is 0.526. The first kappa shape index (κ1) is 20.5. The molecule has 0 atom stereocenters. The Labute approximate surface area is 168 Å². The molecule has 1 heterocycles. The maximum Gasteiger partial charge on any atom is 0.344 e. The van der Waals surface area contributed by atoms with Gasteiger partial charge < -0.3 is 10.2 Å². The van der Waals surface area contributed by atoms with Gasteiger partial charge in [-0.25, -0.2) is 9.18 Å².